The number of amidine groups is 1. The minimum Gasteiger partial charge on any atom is -0.374 e. The van der Waals surface area contributed by atoms with Crippen molar-refractivity contribution < 1.29 is 13.3 Å². The van der Waals surface area contributed by atoms with Crippen LogP contribution in [-0.2, 0) is 13.3 Å². The van der Waals surface area contributed by atoms with Crippen LogP contribution < -0.4 is 10.6 Å². The van der Waals surface area contributed by atoms with E-state index in [-0.39, 0.29) is 0 Å². The molecule has 0 saturated carbocycles. The molecule has 0 spiro atoms. The molecule has 6 nitrogen and oxygen atoms in total. The van der Waals surface area contributed by atoms with Crippen molar-refractivity contribution >= 4 is 43.1 Å². The maximum atomic E-state index is 5.82. The van der Waals surface area contributed by atoms with Crippen molar-refractivity contribution in [3.8, 4) is 0 Å². The van der Waals surface area contributed by atoms with Crippen LogP contribution in [0.15, 0.2) is 4.99 Å². The molecule has 1 aliphatic rings. The van der Waals surface area contributed by atoms with Gasteiger partial charge in [-0.3, -0.25) is 4.99 Å². The Kier molecular flexibility index (Phi) is 10.3. The number of aliphatic imine (C=N–C) groups is 1. The van der Waals surface area contributed by atoms with E-state index in [9.17, 15) is 0 Å². The fourth-order valence-electron chi connectivity index (χ4n) is 2.06. The van der Waals surface area contributed by atoms with E-state index in [1.807, 2.05) is 20.8 Å². The first-order valence-corrected chi connectivity index (χ1v) is 11.1. The summed E-state index contributed by atoms with van der Waals surface area (Å²) in [5.41, 5.74) is 0. The number of nitrogens with zero attached hydrogens (tertiary/aromatic N) is 1. The molecule has 0 saturated heterocycles. The Labute approximate surface area is 144 Å². The van der Waals surface area contributed by atoms with Crippen molar-refractivity contribution in [1.29, 1.82) is 0 Å². The van der Waals surface area contributed by atoms with Gasteiger partial charge in [0.15, 0.2) is 10.3 Å². The lowest BCUT2D eigenvalue weighted by molar-refractivity contribution is 0.0709. The maximum Gasteiger partial charge on any atom is 0.500 e. The van der Waals surface area contributed by atoms with Crippen LogP contribution in [0.25, 0.3) is 0 Å². The van der Waals surface area contributed by atoms with Gasteiger partial charge in [0.05, 0.1) is 6.54 Å². The Morgan fingerprint density at radius 3 is 2.36 bits per heavy atom. The van der Waals surface area contributed by atoms with Crippen molar-refractivity contribution in [2.24, 2.45) is 4.99 Å². The number of hydrogen-bond donors (Lipinski definition) is 2. The van der Waals surface area contributed by atoms with Gasteiger partial charge in [0.1, 0.15) is 0 Å². The third-order valence-electron chi connectivity index (χ3n) is 2.84. The monoisotopic (exact) mass is 365 g/mol. The Morgan fingerprint density at radius 2 is 1.86 bits per heavy atom. The maximum absolute atomic E-state index is 5.82. The number of hydrogen-bond acceptors (Lipinski definition) is 6. The summed E-state index contributed by atoms with van der Waals surface area (Å²) in [5, 5.41) is 7.81. The molecular formula is C13H27N3O3S2Si. The fourth-order valence-corrected chi connectivity index (χ4v) is 5.67. The van der Waals surface area contributed by atoms with Crippen LogP contribution in [0.2, 0.25) is 6.04 Å². The molecule has 128 valence electrons. The minimum absolute atomic E-state index is 0.608. The number of rotatable bonds is 10. The average Bonchev–Trinajstić information content (AvgIpc) is 2.97. The molecular weight excluding hydrogens is 338 g/mol. The second-order valence-electron chi connectivity index (χ2n) is 4.50. The Morgan fingerprint density at radius 1 is 1.23 bits per heavy atom. The van der Waals surface area contributed by atoms with Gasteiger partial charge < -0.3 is 23.9 Å². The first kappa shape index (κ1) is 19.9. The molecule has 0 amide bonds. The van der Waals surface area contributed by atoms with Gasteiger partial charge in [0.2, 0.25) is 0 Å². The molecule has 0 aromatic heterocycles. The number of thiocarbonyl (C=S) groups is 1. The molecule has 0 unspecified atom stereocenters. The molecule has 0 aliphatic carbocycles. The molecule has 0 radical (unpaired) electrons. The van der Waals surface area contributed by atoms with Gasteiger partial charge in [0.25, 0.3) is 0 Å². The van der Waals surface area contributed by atoms with E-state index in [0.717, 1.165) is 36.5 Å². The van der Waals surface area contributed by atoms with E-state index in [2.05, 4.69) is 15.6 Å². The molecule has 1 rings (SSSR count). The first-order valence-electron chi connectivity index (χ1n) is 7.79. The lowest BCUT2D eigenvalue weighted by Crippen LogP contribution is -2.46. The Bertz CT molecular complexity index is 355. The van der Waals surface area contributed by atoms with Crippen LogP contribution in [0.4, 0.5) is 0 Å². The summed E-state index contributed by atoms with van der Waals surface area (Å²) in [6.07, 6.45) is 0.883. The summed E-state index contributed by atoms with van der Waals surface area (Å²) in [6, 6.07) is 0.786. The summed E-state index contributed by atoms with van der Waals surface area (Å²) >= 11 is 6.94. The zero-order chi connectivity index (χ0) is 16.3. The lowest BCUT2D eigenvalue weighted by Gasteiger charge is -2.28. The van der Waals surface area contributed by atoms with E-state index in [1.165, 1.54) is 0 Å². The highest BCUT2D eigenvalue weighted by atomic mass is 32.2. The molecule has 0 aromatic carbocycles. The highest BCUT2D eigenvalue weighted by molar-refractivity contribution is 8.14. The van der Waals surface area contributed by atoms with Crippen molar-refractivity contribution in [2.45, 2.75) is 33.2 Å². The molecule has 9 heteroatoms. The molecule has 22 heavy (non-hydrogen) atoms. The SMILES string of the molecule is CCO[Si](CCCNC(=S)NC1=NCCS1)(OCC)OCC. The van der Waals surface area contributed by atoms with Gasteiger partial charge in [-0.25, -0.2) is 0 Å². The standard InChI is InChI=1S/C13H27N3O3S2Si/c1-4-17-22(18-5-2,19-6-3)11-7-8-14-12(20)16-13-15-9-10-21-13/h4-11H2,1-3H3,(H2,14,15,16,20). The van der Waals surface area contributed by atoms with Crippen LogP contribution in [0, 0.1) is 0 Å². The summed E-state index contributed by atoms with van der Waals surface area (Å²) in [5.74, 6) is 1.02. The minimum atomic E-state index is -2.53. The number of nitrogens with one attached hydrogen (secondary N) is 2. The smallest absolute Gasteiger partial charge is 0.374 e. The van der Waals surface area contributed by atoms with Gasteiger partial charge in [-0.1, -0.05) is 11.8 Å². The third kappa shape index (κ3) is 7.38. The van der Waals surface area contributed by atoms with E-state index in [1.54, 1.807) is 11.8 Å². The summed E-state index contributed by atoms with van der Waals surface area (Å²) in [6.45, 7) is 9.35. The molecule has 0 aromatic rings. The molecule has 1 heterocycles. The Hall–Kier alpha value is -0.193. The molecule has 1 aliphatic heterocycles. The lowest BCUT2D eigenvalue weighted by atomic mass is 10.5. The summed E-state index contributed by atoms with van der Waals surface area (Å²) in [7, 11) is -2.53. The topological polar surface area (TPSA) is 64.1 Å². The van der Waals surface area contributed by atoms with Crippen molar-refractivity contribution in [3.63, 3.8) is 0 Å². The van der Waals surface area contributed by atoms with E-state index >= 15 is 0 Å². The van der Waals surface area contributed by atoms with Crippen LogP contribution in [0.5, 0.6) is 0 Å². The van der Waals surface area contributed by atoms with Crippen molar-refractivity contribution in [1.82, 2.24) is 10.6 Å². The largest absolute Gasteiger partial charge is 0.500 e. The van der Waals surface area contributed by atoms with Crippen molar-refractivity contribution in [2.75, 3.05) is 38.7 Å². The highest BCUT2D eigenvalue weighted by Gasteiger charge is 2.39. The van der Waals surface area contributed by atoms with Gasteiger partial charge in [0, 0.05) is 38.2 Å². The van der Waals surface area contributed by atoms with Crippen molar-refractivity contribution in [3.05, 3.63) is 0 Å². The second kappa shape index (κ2) is 11.4. The zero-order valence-electron chi connectivity index (χ0n) is 13.6. The predicted molar refractivity (Wildman–Crippen MR) is 98.6 cm³/mol. The normalized spacial score (nSPS) is 14.8. The van der Waals surface area contributed by atoms with Crippen LogP contribution >= 0.6 is 24.0 Å². The predicted octanol–water partition coefficient (Wildman–Crippen LogP) is 1.99. The van der Waals surface area contributed by atoms with Crippen LogP contribution in [-0.4, -0.2) is 57.7 Å². The van der Waals surface area contributed by atoms with Crippen LogP contribution in [0.1, 0.15) is 27.2 Å². The average molecular weight is 366 g/mol. The molecule has 0 atom stereocenters. The summed E-state index contributed by atoms with van der Waals surface area (Å²) < 4.78 is 17.5. The quantitative estimate of drug-likeness (QED) is 0.349. The molecule has 0 bridgehead atoms. The fraction of sp³-hybridized carbons (Fsp3) is 0.846. The van der Waals surface area contributed by atoms with Gasteiger partial charge in [-0.05, 0) is 39.4 Å². The molecule has 2 N–H and O–H groups in total. The van der Waals surface area contributed by atoms with E-state index in [4.69, 9.17) is 25.5 Å². The van der Waals surface area contributed by atoms with Gasteiger partial charge in [-0.15, -0.1) is 0 Å². The van der Waals surface area contributed by atoms with Crippen LogP contribution in [0.3, 0.4) is 0 Å². The van der Waals surface area contributed by atoms with E-state index < -0.39 is 8.80 Å². The number of thioether (sulfide) groups is 1. The van der Waals surface area contributed by atoms with Gasteiger partial charge in [-0.2, -0.15) is 0 Å². The van der Waals surface area contributed by atoms with Gasteiger partial charge >= 0.3 is 8.80 Å². The highest BCUT2D eigenvalue weighted by Crippen LogP contribution is 2.17. The zero-order valence-corrected chi connectivity index (χ0v) is 16.3. The summed E-state index contributed by atoms with van der Waals surface area (Å²) in [4.78, 5) is 4.30. The first-order chi connectivity index (χ1) is 10.7. The second-order valence-corrected chi connectivity index (χ2v) is 8.73. The third-order valence-corrected chi connectivity index (χ3v) is 7.13. The molecule has 0 fully saturated rings. The van der Waals surface area contributed by atoms with E-state index in [0.29, 0.717) is 24.9 Å². The Balaban J connectivity index is 2.30.